The van der Waals surface area contributed by atoms with Crippen molar-refractivity contribution in [2.45, 2.75) is 6.92 Å². The summed E-state index contributed by atoms with van der Waals surface area (Å²) in [7, 11) is 0. The molecule has 8 rings (SSSR count). The van der Waals surface area contributed by atoms with E-state index in [4.69, 9.17) is 4.98 Å². The number of aryl methyl sites for hydroxylation is 1. The Kier molecular flexibility index (Phi) is 6.33. The van der Waals surface area contributed by atoms with Crippen molar-refractivity contribution in [3.8, 4) is 11.3 Å². The SMILES string of the molecule is Cc1cc2c3ccccc3c3cccc4c5ccc[c-]c5c(n1)c2c43.[Ir].[c-]1ccccc1-c1ccccn1. The van der Waals surface area contributed by atoms with Gasteiger partial charge in [-0.05, 0) is 62.6 Å². The van der Waals surface area contributed by atoms with E-state index in [1.165, 1.54) is 43.1 Å². The molecule has 8 aromatic rings. The van der Waals surface area contributed by atoms with Gasteiger partial charge < -0.3 is 9.97 Å². The molecular formula is C35H22IrN2-2. The van der Waals surface area contributed by atoms with Gasteiger partial charge in [-0.3, -0.25) is 0 Å². The minimum atomic E-state index is 0. The number of fused-ring (bicyclic) bond motifs is 6. The van der Waals surface area contributed by atoms with Gasteiger partial charge in [0, 0.05) is 32.0 Å². The number of hydrogen-bond acceptors (Lipinski definition) is 2. The predicted molar refractivity (Wildman–Crippen MR) is 155 cm³/mol. The molecule has 0 fully saturated rings. The maximum Gasteiger partial charge on any atom is 0.0272 e. The number of hydrogen-bond donors (Lipinski definition) is 0. The standard InChI is InChI=1S/C24H14N.C11H8N.Ir/c1-14-13-21-16-8-3-2-7-15(16)18-11-6-12-19-17-9-4-5-10-20(17)24(25-14)23(21)22(18)19;1-2-6-10(7-3-1)11-8-4-5-9-12-11;/h2-9,11-13H,1H3;1-6,8-9H;/q2*-1;. The van der Waals surface area contributed by atoms with Crippen molar-refractivity contribution in [3.05, 3.63) is 133 Å². The first-order chi connectivity index (χ1) is 18.3. The average Bonchev–Trinajstić information content (AvgIpc) is 2.98. The number of benzene rings is 6. The minimum Gasteiger partial charge on any atom is -0.305 e. The molecule has 183 valence electrons. The Bertz CT molecular complexity index is 1890. The van der Waals surface area contributed by atoms with Crippen molar-refractivity contribution < 1.29 is 20.1 Å². The number of aromatic nitrogens is 2. The number of nitrogens with zero attached hydrogens (tertiary/aromatic N) is 2. The van der Waals surface area contributed by atoms with E-state index >= 15 is 0 Å². The fraction of sp³-hybridized carbons (Fsp3) is 0.0286. The van der Waals surface area contributed by atoms with Crippen LogP contribution in [0.5, 0.6) is 0 Å². The molecule has 1 radical (unpaired) electrons. The van der Waals surface area contributed by atoms with Gasteiger partial charge in [0.25, 0.3) is 0 Å². The molecule has 6 aromatic carbocycles. The van der Waals surface area contributed by atoms with Gasteiger partial charge in [-0.15, -0.1) is 65.5 Å². The van der Waals surface area contributed by atoms with Crippen LogP contribution in [-0.4, -0.2) is 9.97 Å². The Balaban J connectivity index is 0.000000172. The van der Waals surface area contributed by atoms with Crippen molar-refractivity contribution in [2.75, 3.05) is 0 Å². The summed E-state index contributed by atoms with van der Waals surface area (Å²) in [6.45, 7) is 2.08. The molecule has 0 aliphatic heterocycles. The fourth-order valence-corrected chi connectivity index (χ4v) is 5.47. The van der Waals surface area contributed by atoms with E-state index in [-0.39, 0.29) is 20.1 Å². The zero-order valence-electron chi connectivity index (χ0n) is 20.7. The first-order valence-electron chi connectivity index (χ1n) is 12.4. The molecule has 0 amide bonds. The van der Waals surface area contributed by atoms with Gasteiger partial charge in [-0.2, -0.15) is 0 Å². The van der Waals surface area contributed by atoms with E-state index in [1.54, 1.807) is 6.20 Å². The first-order valence-corrected chi connectivity index (χ1v) is 12.4. The summed E-state index contributed by atoms with van der Waals surface area (Å²) in [6, 6.07) is 44.1. The number of pyridine rings is 2. The Labute approximate surface area is 234 Å². The van der Waals surface area contributed by atoms with Gasteiger partial charge in [-0.1, -0.05) is 65.4 Å². The molecule has 2 aromatic heterocycles. The minimum absolute atomic E-state index is 0. The Morgan fingerprint density at radius 1 is 0.579 bits per heavy atom. The molecule has 2 nitrogen and oxygen atoms in total. The molecule has 0 saturated carbocycles. The summed E-state index contributed by atoms with van der Waals surface area (Å²) < 4.78 is 0. The van der Waals surface area contributed by atoms with Gasteiger partial charge >= 0.3 is 0 Å². The summed E-state index contributed by atoms with van der Waals surface area (Å²) in [6.07, 6.45) is 1.79. The molecule has 0 unspecified atom stereocenters. The third-order valence-electron chi connectivity index (χ3n) is 7.00. The molecule has 38 heavy (non-hydrogen) atoms. The van der Waals surface area contributed by atoms with Gasteiger partial charge in [0.05, 0.1) is 0 Å². The van der Waals surface area contributed by atoms with Crippen LogP contribution in [0.4, 0.5) is 0 Å². The van der Waals surface area contributed by atoms with Crippen LogP contribution in [0.1, 0.15) is 5.69 Å². The third kappa shape index (κ3) is 3.92. The van der Waals surface area contributed by atoms with Crippen LogP contribution in [-0.2, 0) is 20.1 Å². The first kappa shape index (κ1) is 24.2. The van der Waals surface area contributed by atoms with Crippen LogP contribution in [0.15, 0.2) is 115 Å². The van der Waals surface area contributed by atoms with Crippen molar-refractivity contribution in [1.29, 1.82) is 0 Å². The van der Waals surface area contributed by atoms with Crippen LogP contribution in [0.3, 0.4) is 0 Å². The molecule has 0 atom stereocenters. The summed E-state index contributed by atoms with van der Waals surface area (Å²) >= 11 is 0. The van der Waals surface area contributed by atoms with Crippen molar-refractivity contribution in [3.63, 3.8) is 0 Å². The maximum atomic E-state index is 4.93. The van der Waals surface area contributed by atoms with E-state index < -0.39 is 0 Å². The Morgan fingerprint density at radius 2 is 1.26 bits per heavy atom. The average molecular weight is 663 g/mol. The smallest absolute Gasteiger partial charge is 0.0272 e. The van der Waals surface area contributed by atoms with Crippen LogP contribution in [0.25, 0.3) is 65.3 Å². The third-order valence-corrected chi connectivity index (χ3v) is 7.00. The summed E-state index contributed by atoms with van der Waals surface area (Å²) in [4.78, 5) is 9.15. The zero-order valence-corrected chi connectivity index (χ0v) is 23.1. The molecule has 3 heteroatoms. The largest absolute Gasteiger partial charge is 0.305 e. The van der Waals surface area contributed by atoms with Gasteiger partial charge in [0.1, 0.15) is 0 Å². The second-order valence-corrected chi connectivity index (χ2v) is 9.26. The van der Waals surface area contributed by atoms with Crippen LogP contribution in [0.2, 0.25) is 0 Å². The molecule has 0 aliphatic carbocycles. The van der Waals surface area contributed by atoms with E-state index in [0.717, 1.165) is 27.9 Å². The van der Waals surface area contributed by atoms with Gasteiger partial charge in [0.15, 0.2) is 0 Å². The van der Waals surface area contributed by atoms with Gasteiger partial charge in [0.2, 0.25) is 0 Å². The molecular weight excluding hydrogens is 641 g/mol. The summed E-state index contributed by atoms with van der Waals surface area (Å²) in [5.74, 6) is 0. The van der Waals surface area contributed by atoms with E-state index in [2.05, 4.69) is 84.7 Å². The van der Waals surface area contributed by atoms with Crippen molar-refractivity contribution >= 4 is 54.0 Å². The number of rotatable bonds is 1. The molecule has 0 bridgehead atoms. The molecule has 0 spiro atoms. The fourth-order valence-electron chi connectivity index (χ4n) is 5.47. The molecule has 0 N–H and O–H groups in total. The van der Waals surface area contributed by atoms with Crippen LogP contribution < -0.4 is 0 Å². The second-order valence-electron chi connectivity index (χ2n) is 9.26. The summed E-state index contributed by atoms with van der Waals surface area (Å²) in [5, 5.41) is 11.4. The van der Waals surface area contributed by atoms with Crippen LogP contribution in [0, 0.1) is 19.1 Å². The molecule has 0 saturated heterocycles. The zero-order chi connectivity index (χ0) is 24.8. The monoisotopic (exact) mass is 663 g/mol. The Morgan fingerprint density at radius 3 is 2.03 bits per heavy atom. The Hall–Kier alpha value is -4.17. The van der Waals surface area contributed by atoms with Gasteiger partial charge in [-0.25, -0.2) is 0 Å². The quantitative estimate of drug-likeness (QED) is 0.0997. The molecule has 2 heterocycles. The van der Waals surface area contributed by atoms with Crippen LogP contribution >= 0.6 is 0 Å². The second kappa shape index (κ2) is 9.95. The summed E-state index contributed by atoms with van der Waals surface area (Å²) in [5.41, 5.74) is 4.13. The maximum absolute atomic E-state index is 4.93. The topological polar surface area (TPSA) is 25.8 Å². The normalized spacial score (nSPS) is 11.1. The predicted octanol–water partition coefficient (Wildman–Crippen LogP) is 8.94. The molecule has 0 aliphatic rings. The van der Waals surface area contributed by atoms with Crippen molar-refractivity contribution in [1.82, 2.24) is 9.97 Å². The van der Waals surface area contributed by atoms with E-state index in [0.29, 0.717) is 0 Å². The van der Waals surface area contributed by atoms with E-state index in [1.807, 2.05) is 48.5 Å². The van der Waals surface area contributed by atoms with E-state index in [9.17, 15) is 0 Å². The van der Waals surface area contributed by atoms with Crippen molar-refractivity contribution in [2.24, 2.45) is 0 Å².